The maximum atomic E-state index is 10.9. The SMILES string of the molecule is CCC(=O)N1CCSC1=O. The molecule has 0 radical (unpaired) electrons. The van der Waals surface area contributed by atoms with E-state index in [1.165, 1.54) is 16.7 Å². The van der Waals surface area contributed by atoms with Gasteiger partial charge in [0.2, 0.25) is 5.91 Å². The van der Waals surface area contributed by atoms with Gasteiger partial charge in [0.15, 0.2) is 0 Å². The molecule has 0 atom stereocenters. The lowest BCUT2D eigenvalue weighted by Gasteiger charge is -2.09. The van der Waals surface area contributed by atoms with Crippen LogP contribution in [0, 0.1) is 0 Å². The van der Waals surface area contributed by atoms with Crippen molar-refractivity contribution in [1.82, 2.24) is 4.90 Å². The Bertz CT molecular complexity index is 169. The summed E-state index contributed by atoms with van der Waals surface area (Å²) in [5.41, 5.74) is 0. The molecule has 0 aromatic carbocycles. The molecule has 0 saturated carbocycles. The minimum Gasteiger partial charge on any atom is -0.274 e. The van der Waals surface area contributed by atoms with Gasteiger partial charge in [-0.3, -0.25) is 14.5 Å². The van der Waals surface area contributed by atoms with Crippen LogP contribution in [0.4, 0.5) is 4.79 Å². The van der Waals surface area contributed by atoms with Crippen molar-refractivity contribution in [3.63, 3.8) is 0 Å². The van der Waals surface area contributed by atoms with Crippen LogP contribution >= 0.6 is 11.8 Å². The van der Waals surface area contributed by atoms with Crippen molar-refractivity contribution >= 4 is 22.9 Å². The van der Waals surface area contributed by atoms with Gasteiger partial charge in [0.05, 0.1) is 0 Å². The Morgan fingerprint density at radius 1 is 1.80 bits per heavy atom. The zero-order valence-corrected chi connectivity index (χ0v) is 6.61. The highest BCUT2D eigenvalue weighted by Gasteiger charge is 2.25. The van der Waals surface area contributed by atoms with Crippen LogP contribution in [0.1, 0.15) is 13.3 Å². The van der Waals surface area contributed by atoms with E-state index in [2.05, 4.69) is 0 Å². The van der Waals surface area contributed by atoms with Gasteiger partial charge in [0.25, 0.3) is 5.24 Å². The van der Waals surface area contributed by atoms with E-state index in [0.29, 0.717) is 13.0 Å². The third-order valence-electron chi connectivity index (χ3n) is 1.36. The highest BCUT2D eigenvalue weighted by molar-refractivity contribution is 8.13. The maximum absolute atomic E-state index is 10.9. The Labute approximate surface area is 63.8 Å². The average Bonchev–Trinajstić information content (AvgIpc) is 2.34. The fraction of sp³-hybridized carbons (Fsp3) is 0.667. The molecule has 0 aromatic rings. The van der Waals surface area contributed by atoms with E-state index in [-0.39, 0.29) is 11.1 Å². The summed E-state index contributed by atoms with van der Waals surface area (Å²) < 4.78 is 0. The first-order chi connectivity index (χ1) is 4.75. The van der Waals surface area contributed by atoms with Gasteiger partial charge < -0.3 is 0 Å². The second kappa shape index (κ2) is 3.05. The fourth-order valence-corrected chi connectivity index (χ4v) is 1.61. The lowest BCUT2D eigenvalue weighted by atomic mass is 10.4. The molecule has 0 aromatic heterocycles. The largest absolute Gasteiger partial charge is 0.288 e. The van der Waals surface area contributed by atoms with Crippen molar-refractivity contribution in [3.05, 3.63) is 0 Å². The van der Waals surface area contributed by atoms with E-state index >= 15 is 0 Å². The topological polar surface area (TPSA) is 37.4 Å². The van der Waals surface area contributed by atoms with Gasteiger partial charge >= 0.3 is 0 Å². The molecule has 0 N–H and O–H groups in total. The molecule has 56 valence electrons. The molecule has 1 fully saturated rings. The quantitative estimate of drug-likeness (QED) is 0.574. The van der Waals surface area contributed by atoms with Crippen molar-refractivity contribution in [3.8, 4) is 0 Å². The summed E-state index contributed by atoms with van der Waals surface area (Å²) in [5, 5.41) is -0.0909. The molecule has 0 aliphatic carbocycles. The number of imide groups is 1. The lowest BCUT2D eigenvalue weighted by molar-refractivity contribution is -0.127. The summed E-state index contributed by atoms with van der Waals surface area (Å²) in [6, 6.07) is 0. The first-order valence-electron chi connectivity index (χ1n) is 3.23. The molecule has 0 unspecified atom stereocenters. The second-order valence-corrected chi connectivity index (χ2v) is 3.06. The van der Waals surface area contributed by atoms with Crippen molar-refractivity contribution in [1.29, 1.82) is 0 Å². The number of nitrogens with zero attached hydrogens (tertiary/aromatic N) is 1. The standard InChI is InChI=1S/C6H9NO2S/c1-2-5(8)7-3-4-10-6(7)9/h2-4H2,1H3. The Morgan fingerprint density at radius 2 is 2.50 bits per heavy atom. The van der Waals surface area contributed by atoms with Crippen molar-refractivity contribution < 1.29 is 9.59 Å². The van der Waals surface area contributed by atoms with Crippen LogP contribution in [0.5, 0.6) is 0 Å². The number of hydrogen-bond donors (Lipinski definition) is 0. The predicted molar refractivity (Wildman–Crippen MR) is 39.9 cm³/mol. The summed E-state index contributed by atoms with van der Waals surface area (Å²) in [6.07, 6.45) is 0.423. The molecule has 0 spiro atoms. The molecule has 10 heavy (non-hydrogen) atoms. The van der Waals surface area contributed by atoms with Crippen molar-refractivity contribution in [2.24, 2.45) is 0 Å². The molecule has 4 heteroatoms. The summed E-state index contributed by atoms with van der Waals surface area (Å²) in [6.45, 7) is 2.36. The van der Waals surface area contributed by atoms with E-state index in [4.69, 9.17) is 0 Å². The van der Waals surface area contributed by atoms with Crippen LogP contribution in [0.25, 0.3) is 0 Å². The Balaban J connectivity index is 2.55. The summed E-state index contributed by atoms with van der Waals surface area (Å²) >= 11 is 1.22. The minimum absolute atomic E-state index is 0.0602. The molecule has 1 heterocycles. The monoisotopic (exact) mass is 159 g/mol. The van der Waals surface area contributed by atoms with Gasteiger partial charge in [-0.1, -0.05) is 18.7 Å². The van der Waals surface area contributed by atoms with E-state index < -0.39 is 0 Å². The average molecular weight is 159 g/mol. The number of carbonyl (C=O) groups is 2. The van der Waals surface area contributed by atoms with Crippen molar-refractivity contribution in [2.45, 2.75) is 13.3 Å². The number of rotatable bonds is 1. The number of hydrogen-bond acceptors (Lipinski definition) is 3. The molecule has 1 rings (SSSR count). The Kier molecular flexibility index (Phi) is 2.32. The number of amides is 2. The minimum atomic E-state index is -0.0909. The smallest absolute Gasteiger partial charge is 0.274 e. The van der Waals surface area contributed by atoms with E-state index in [1.807, 2.05) is 0 Å². The molecular formula is C6H9NO2S. The van der Waals surface area contributed by atoms with Crippen LogP contribution in [0.3, 0.4) is 0 Å². The van der Waals surface area contributed by atoms with Crippen LogP contribution in [-0.4, -0.2) is 28.3 Å². The third-order valence-corrected chi connectivity index (χ3v) is 2.22. The van der Waals surface area contributed by atoms with Gasteiger partial charge in [-0.15, -0.1) is 0 Å². The normalized spacial score (nSPS) is 18.1. The van der Waals surface area contributed by atoms with E-state index in [1.54, 1.807) is 6.92 Å². The van der Waals surface area contributed by atoms with E-state index in [0.717, 1.165) is 5.75 Å². The van der Waals surface area contributed by atoms with Gasteiger partial charge in [0.1, 0.15) is 0 Å². The highest BCUT2D eigenvalue weighted by Crippen LogP contribution is 2.17. The van der Waals surface area contributed by atoms with Gasteiger partial charge in [-0.25, -0.2) is 0 Å². The second-order valence-electron chi connectivity index (χ2n) is 2.01. The number of carbonyl (C=O) groups excluding carboxylic acids is 2. The van der Waals surface area contributed by atoms with Crippen LogP contribution < -0.4 is 0 Å². The van der Waals surface area contributed by atoms with Crippen LogP contribution in [-0.2, 0) is 4.79 Å². The fourth-order valence-electron chi connectivity index (χ4n) is 0.811. The lowest BCUT2D eigenvalue weighted by Crippen LogP contribution is -2.29. The molecule has 3 nitrogen and oxygen atoms in total. The number of thioether (sulfide) groups is 1. The highest BCUT2D eigenvalue weighted by atomic mass is 32.2. The molecule has 1 aliphatic heterocycles. The predicted octanol–water partition coefficient (Wildman–Crippen LogP) is 1.09. The summed E-state index contributed by atoms with van der Waals surface area (Å²) in [5.74, 6) is 0.694. The molecule has 1 aliphatic rings. The molecule has 0 bridgehead atoms. The zero-order chi connectivity index (χ0) is 7.56. The Hall–Kier alpha value is -0.510. The third kappa shape index (κ3) is 1.31. The zero-order valence-electron chi connectivity index (χ0n) is 5.79. The van der Waals surface area contributed by atoms with Crippen LogP contribution in [0.15, 0.2) is 0 Å². The summed E-state index contributed by atoms with van der Waals surface area (Å²) in [7, 11) is 0. The van der Waals surface area contributed by atoms with Crippen molar-refractivity contribution in [2.75, 3.05) is 12.3 Å². The van der Waals surface area contributed by atoms with E-state index in [9.17, 15) is 9.59 Å². The Morgan fingerprint density at radius 3 is 2.90 bits per heavy atom. The van der Waals surface area contributed by atoms with Gasteiger partial charge in [-0.2, -0.15) is 0 Å². The van der Waals surface area contributed by atoms with Gasteiger partial charge in [0, 0.05) is 18.7 Å². The first kappa shape index (κ1) is 7.60. The summed E-state index contributed by atoms with van der Waals surface area (Å²) in [4.78, 5) is 23.1. The molecule has 1 saturated heterocycles. The molecule has 2 amide bonds. The molecular weight excluding hydrogens is 150 g/mol. The maximum Gasteiger partial charge on any atom is 0.288 e. The first-order valence-corrected chi connectivity index (χ1v) is 4.21. The van der Waals surface area contributed by atoms with Crippen LogP contribution in [0.2, 0.25) is 0 Å². The van der Waals surface area contributed by atoms with Gasteiger partial charge in [-0.05, 0) is 0 Å².